The van der Waals surface area contributed by atoms with Gasteiger partial charge in [0.25, 0.3) is 5.00 Å². The molecule has 5 rings (SSSR count). The lowest BCUT2D eigenvalue weighted by Crippen LogP contribution is -2.59. The molecule has 1 aliphatic rings. The molecule has 1 aliphatic heterocycles. The zero-order valence-electron chi connectivity index (χ0n) is 19.8. The molecule has 1 aromatic carbocycles. The summed E-state index contributed by atoms with van der Waals surface area (Å²) in [6.45, 7) is 10.7. The first-order valence-corrected chi connectivity index (χ1v) is 13.9. The average molecular weight is 527 g/mol. The molecule has 0 radical (unpaired) electrons. The molecule has 10 nitrogen and oxygen atoms in total. The Balaban J connectivity index is 1.50. The Morgan fingerprint density at radius 1 is 1.22 bits per heavy atom. The van der Waals surface area contributed by atoms with Crippen molar-refractivity contribution in [1.82, 2.24) is 24.3 Å². The quantitative estimate of drug-likeness (QED) is 0.367. The maximum atomic E-state index is 13.4. The average Bonchev–Trinajstić information content (AvgIpc) is 3.41. The van der Waals surface area contributed by atoms with E-state index < -0.39 is 10.0 Å². The maximum Gasteiger partial charge on any atom is 0.270 e. The number of fused-ring (bicyclic) bond motifs is 1. The van der Waals surface area contributed by atoms with Crippen LogP contribution in [0.5, 0.6) is 0 Å². The fraction of sp³-hybridized carbons (Fsp3) is 0.304. The van der Waals surface area contributed by atoms with Crippen LogP contribution in [-0.2, 0) is 16.4 Å². The summed E-state index contributed by atoms with van der Waals surface area (Å²) < 4.78 is 40.8. The molecule has 186 valence electrons. The summed E-state index contributed by atoms with van der Waals surface area (Å²) in [5, 5.41) is 5.80. The number of imidazole rings is 1. The van der Waals surface area contributed by atoms with Gasteiger partial charge in [-0.05, 0) is 36.2 Å². The van der Waals surface area contributed by atoms with Gasteiger partial charge in [0.05, 0.1) is 30.3 Å². The van der Waals surface area contributed by atoms with Gasteiger partial charge < -0.3 is 9.80 Å². The van der Waals surface area contributed by atoms with Gasteiger partial charge in [-0.25, -0.2) is 32.3 Å². The van der Waals surface area contributed by atoms with Crippen molar-refractivity contribution in [2.24, 2.45) is 0 Å². The van der Waals surface area contributed by atoms with Crippen molar-refractivity contribution in [2.45, 2.75) is 19.4 Å². The lowest BCUT2D eigenvalue weighted by molar-refractivity contribution is 0.466. The molecule has 4 heterocycles. The molecule has 3 aromatic heterocycles. The number of halogens is 1. The Morgan fingerprint density at radius 3 is 2.58 bits per heavy atom. The molecule has 1 saturated heterocycles. The van der Waals surface area contributed by atoms with E-state index in [2.05, 4.69) is 9.57 Å². The highest BCUT2D eigenvalue weighted by Gasteiger charge is 2.31. The van der Waals surface area contributed by atoms with Crippen molar-refractivity contribution in [3.63, 3.8) is 0 Å². The van der Waals surface area contributed by atoms with Crippen molar-refractivity contribution in [3.8, 4) is 11.3 Å². The first-order valence-electron chi connectivity index (χ1n) is 11.2. The van der Waals surface area contributed by atoms with E-state index in [0.29, 0.717) is 52.4 Å². The smallest absolute Gasteiger partial charge is 0.270 e. The van der Waals surface area contributed by atoms with Crippen molar-refractivity contribution in [1.29, 1.82) is 0 Å². The lowest BCUT2D eigenvalue weighted by atomic mass is 10.1. The number of hydrogen-bond acceptors (Lipinski definition) is 8. The minimum Gasteiger partial charge on any atom is -0.352 e. The monoisotopic (exact) mass is 526 g/mol. The second-order valence-corrected chi connectivity index (χ2v) is 11.3. The summed E-state index contributed by atoms with van der Waals surface area (Å²) in [7, 11) is -1.41. The molecular formula is C23H23FN8O2S2. The minimum absolute atomic E-state index is 0.152. The highest BCUT2D eigenvalue weighted by atomic mass is 32.2. The number of aromatic nitrogens is 4. The summed E-state index contributed by atoms with van der Waals surface area (Å²) in [5.41, 5.74) is 2.67. The number of rotatable bonds is 7. The van der Waals surface area contributed by atoms with Crippen molar-refractivity contribution >= 4 is 48.8 Å². The Morgan fingerprint density at radius 2 is 1.94 bits per heavy atom. The third-order valence-electron chi connectivity index (χ3n) is 5.85. The van der Waals surface area contributed by atoms with Gasteiger partial charge in [0.1, 0.15) is 11.6 Å². The molecule has 0 saturated carbocycles. The molecular weight excluding hydrogens is 503 g/mol. The van der Waals surface area contributed by atoms with Crippen molar-refractivity contribution < 1.29 is 12.8 Å². The van der Waals surface area contributed by atoms with Crippen LogP contribution >= 0.6 is 11.3 Å². The molecule has 1 fully saturated rings. The molecule has 0 aliphatic carbocycles. The van der Waals surface area contributed by atoms with E-state index in [-0.39, 0.29) is 11.9 Å². The highest BCUT2D eigenvalue weighted by Crippen LogP contribution is 2.42. The molecule has 0 amide bonds. The zero-order valence-corrected chi connectivity index (χ0v) is 21.4. The highest BCUT2D eigenvalue weighted by molar-refractivity contribution is 7.88. The largest absolute Gasteiger partial charge is 0.352 e. The van der Waals surface area contributed by atoms with Crippen LogP contribution in [-0.4, -0.2) is 60.4 Å². The van der Waals surface area contributed by atoms with Crippen LogP contribution in [0.1, 0.15) is 12.6 Å². The van der Waals surface area contributed by atoms with Gasteiger partial charge in [-0.15, -0.1) is 16.4 Å². The van der Waals surface area contributed by atoms with Crippen LogP contribution in [0.2, 0.25) is 0 Å². The van der Waals surface area contributed by atoms with E-state index >= 15 is 0 Å². The molecule has 0 atom stereocenters. The second kappa shape index (κ2) is 9.12. The predicted octanol–water partition coefficient (Wildman–Crippen LogP) is 3.61. The lowest BCUT2D eigenvalue weighted by Gasteiger charge is -2.39. The number of anilines is 3. The molecule has 1 N–H and O–H groups in total. The number of nitrogens with one attached hydrogen (secondary N) is 1. The third-order valence-corrected chi connectivity index (χ3v) is 7.64. The molecule has 13 heteroatoms. The molecule has 36 heavy (non-hydrogen) atoms. The van der Waals surface area contributed by atoms with Gasteiger partial charge >= 0.3 is 0 Å². The number of sulfonamides is 1. The number of benzene rings is 1. The number of nitrogens with zero attached hydrogens (tertiary/aromatic N) is 7. The standard InChI is InChI=1S/C23H23FN8O2S2/c1-5-17-22(30(3)23-27-20(21(25-2)35-23)14-6-8-15(24)9-7-14)32-18(26-17)10-11-19(28-32)31-12-16(13-31)29-36(4,33)34/h6-11,16,29H,5,12-13H2,1,3-4H3. The first kappa shape index (κ1) is 24.1. The van der Waals surface area contributed by atoms with Crippen LogP contribution < -0.4 is 14.5 Å². The fourth-order valence-electron chi connectivity index (χ4n) is 4.15. The minimum atomic E-state index is -3.26. The van der Waals surface area contributed by atoms with E-state index in [1.807, 2.05) is 35.9 Å². The Hall–Kier alpha value is -3.60. The van der Waals surface area contributed by atoms with E-state index in [1.165, 1.54) is 23.5 Å². The topological polar surface area (TPSA) is 100 Å². The first-order chi connectivity index (χ1) is 17.2. The summed E-state index contributed by atoms with van der Waals surface area (Å²) in [4.78, 5) is 16.9. The predicted molar refractivity (Wildman–Crippen MR) is 138 cm³/mol. The van der Waals surface area contributed by atoms with Crippen LogP contribution in [0.4, 0.5) is 26.2 Å². The van der Waals surface area contributed by atoms with Crippen LogP contribution in [0, 0.1) is 12.4 Å². The van der Waals surface area contributed by atoms with E-state index in [0.717, 1.165) is 17.8 Å². The van der Waals surface area contributed by atoms with Gasteiger partial charge in [-0.1, -0.05) is 19.1 Å². The Bertz CT molecular complexity index is 1580. The van der Waals surface area contributed by atoms with Crippen molar-refractivity contribution in [3.05, 3.63) is 59.3 Å². The molecule has 0 spiro atoms. The maximum absolute atomic E-state index is 13.4. The van der Waals surface area contributed by atoms with Gasteiger partial charge in [0, 0.05) is 20.1 Å². The number of hydrogen-bond donors (Lipinski definition) is 1. The normalized spacial score (nSPS) is 14.1. The van der Waals surface area contributed by atoms with E-state index in [9.17, 15) is 12.8 Å². The molecule has 0 bridgehead atoms. The summed E-state index contributed by atoms with van der Waals surface area (Å²) >= 11 is 1.25. The van der Waals surface area contributed by atoms with Gasteiger partial charge in [-0.3, -0.25) is 0 Å². The summed E-state index contributed by atoms with van der Waals surface area (Å²) in [5.74, 6) is 1.09. The van der Waals surface area contributed by atoms with Gasteiger partial charge in [0.2, 0.25) is 10.0 Å². The van der Waals surface area contributed by atoms with E-state index in [1.54, 1.807) is 16.6 Å². The van der Waals surface area contributed by atoms with Crippen LogP contribution in [0.3, 0.4) is 0 Å². The van der Waals surface area contributed by atoms with Crippen molar-refractivity contribution in [2.75, 3.05) is 36.2 Å². The Kier molecular flexibility index (Phi) is 6.11. The third kappa shape index (κ3) is 4.50. The fourth-order valence-corrected chi connectivity index (χ4v) is 5.74. The summed E-state index contributed by atoms with van der Waals surface area (Å²) in [6.07, 6.45) is 1.81. The van der Waals surface area contributed by atoms with Crippen LogP contribution in [0.25, 0.3) is 21.7 Å². The van der Waals surface area contributed by atoms with Crippen LogP contribution in [0.15, 0.2) is 36.4 Å². The second-order valence-electron chi connectivity index (χ2n) is 8.52. The number of thiazole rings is 1. The Labute approximate surface area is 211 Å². The zero-order chi connectivity index (χ0) is 25.6. The molecule has 4 aromatic rings. The van der Waals surface area contributed by atoms with Gasteiger partial charge in [0.15, 0.2) is 16.6 Å². The van der Waals surface area contributed by atoms with E-state index in [4.69, 9.17) is 21.6 Å². The molecule has 0 unspecified atom stereocenters. The SMILES string of the molecule is [C-]#[N+]c1sc(N(C)c2c(CC)nc3ccc(N4CC(NS(C)(=O)=O)C4)nn23)nc1-c1ccc(F)cc1. The van der Waals surface area contributed by atoms with Gasteiger partial charge in [-0.2, -0.15) is 4.52 Å². The number of aryl methyl sites for hydroxylation is 1. The summed E-state index contributed by atoms with van der Waals surface area (Å²) in [6, 6.07) is 9.52.